The minimum Gasteiger partial charge on any atom is -0.488 e. The third kappa shape index (κ3) is 2.65. The molecule has 0 amide bonds. The highest BCUT2D eigenvalue weighted by Gasteiger charge is 2.29. The molecule has 3 aliphatic heterocycles. The van der Waals surface area contributed by atoms with Gasteiger partial charge < -0.3 is 4.74 Å². The number of hydrogen-bond donors (Lipinski definition) is 0. The Kier molecular flexibility index (Phi) is 4.01. The van der Waals surface area contributed by atoms with Gasteiger partial charge in [-0.15, -0.1) is 11.3 Å². The van der Waals surface area contributed by atoms with Crippen molar-refractivity contribution in [2.75, 3.05) is 0 Å². The lowest BCUT2D eigenvalue weighted by Crippen LogP contribution is -2.08. The second-order valence-electron chi connectivity index (χ2n) is 5.83. The highest BCUT2D eigenvalue weighted by atomic mass is 79.9. The van der Waals surface area contributed by atoms with Gasteiger partial charge in [-0.3, -0.25) is 4.79 Å². The Morgan fingerprint density at radius 1 is 0.962 bits per heavy atom. The fraction of sp³-hybridized carbons (Fsp3) is 0.0526. The molecule has 2 aromatic rings. The topological polar surface area (TPSA) is 39.2 Å². The van der Waals surface area contributed by atoms with E-state index in [4.69, 9.17) is 4.74 Å². The van der Waals surface area contributed by atoms with Gasteiger partial charge in [-0.05, 0) is 35.9 Å². The number of hydrogen-bond acceptors (Lipinski definition) is 5. The number of fused-ring (bicyclic) bond motifs is 5. The molecule has 2 aromatic carbocycles. The molecule has 0 spiro atoms. The summed E-state index contributed by atoms with van der Waals surface area (Å²) in [6.07, 6.45) is 0. The fourth-order valence-electron chi connectivity index (χ4n) is 3.15. The molecule has 3 aliphatic rings. The van der Waals surface area contributed by atoms with Crippen LogP contribution in [0.5, 0.6) is 5.75 Å². The predicted octanol–water partition coefficient (Wildman–Crippen LogP) is 6.42. The van der Waals surface area contributed by atoms with Crippen LogP contribution < -0.4 is 9.61 Å². The average Bonchev–Trinajstić information content (AvgIpc) is 3.01. The predicted molar refractivity (Wildman–Crippen MR) is 113 cm³/mol. The molecule has 0 aliphatic carbocycles. The molecule has 3 nitrogen and oxygen atoms in total. The SMILES string of the molecule is O=c1nc2sc(-c3ccc(Br)cc3)c3c(c-2s1)-c1cc(Br)ccc1OC3. The zero-order chi connectivity index (χ0) is 17.8. The molecule has 26 heavy (non-hydrogen) atoms. The standard InChI is InChI=1S/C19H9Br2NO2S2/c20-10-3-1-9(2-4-10)16-13-8-24-14-6-5-11(21)7-12(14)15(13)17-18(25-16)22-19(23)26-17/h1-7H,8H2. The molecule has 0 saturated carbocycles. The smallest absolute Gasteiger partial charge is 0.328 e. The van der Waals surface area contributed by atoms with Crippen molar-refractivity contribution in [3.63, 3.8) is 0 Å². The molecule has 0 bridgehead atoms. The van der Waals surface area contributed by atoms with E-state index in [1.165, 1.54) is 11.3 Å². The van der Waals surface area contributed by atoms with Crippen LogP contribution in [0.4, 0.5) is 0 Å². The van der Waals surface area contributed by atoms with Crippen LogP contribution in [0.1, 0.15) is 5.56 Å². The van der Waals surface area contributed by atoms with Crippen molar-refractivity contribution in [3.05, 3.63) is 66.6 Å². The van der Waals surface area contributed by atoms with Gasteiger partial charge >= 0.3 is 4.87 Å². The maximum absolute atomic E-state index is 12.0. The Morgan fingerprint density at radius 3 is 2.54 bits per heavy atom. The van der Waals surface area contributed by atoms with Gasteiger partial charge in [0.05, 0.1) is 4.88 Å². The van der Waals surface area contributed by atoms with E-state index in [1.807, 2.05) is 30.3 Å². The van der Waals surface area contributed by atoms with Gasteiger partial charge in [0, 0.05) is 30.5 Å². The van der Waals surface area contributed by atoms with Gasteiger partial charge in [0.1, 0.15) is 17.4 Å². The Hall–Kier alpha value is -1.54. The van der Waals surface area contributed by atoms with Crippen LogP contribution in [-0.4, -0.2) is 4.98 Å². The quantitative estimate of drug-likeness (QED) is 0.299. The summed E-state index contributed by atoms with van der Waals surface area (Å²) < 4.78 is 8.04. The van der Waals surface area contributed by atoms with E-state index in [1.54, 1.807) is 11.3 Å². The van der Waals surface area contributed by atoms with Crippen molar-refractivity contribution in [2.45, 2.75) is 6.61 Å². The number of benzene rings is 2. The van der Waals surface area contributed by atoms with Crippen LogP contribution >= 0.6 is 54.5 Å². The second-order valence-corrected chi connectivity index (χ2v) is 9.63. The summed E-state index contributed by atoms with van der Waals surface area (Å²) >= 11 is 9.80. The van der Waals surface area contributed by atoms with E-state index < -0.39 is 0 Å². The van der Waals surface area contributed by atoms with Crippen molar-refractivity contribution >= 4 is 54.5 Å². The van der Waals surface area contributed by atoms with E-state index >= 15 is 0 Å². The summed E-state index contributed by atoms with van der Waals surface area (Å²) in [6.45, 7) is 0.480. The van der Waals surface area contributed by atoms with Gasteiger partial charge in [-0.2, -0.15) is 4.98 Å². The number of thiazole rings is 1. The van der Waals surface area contributed by atoms with Gasteiger partial charge in [0.15, 0.2) is 0 Å². The van der Waals surface area contributed by atoms with E-state index in [0.717, 1.165) is 51.7 Å². The fourth-order valence-corrected chi connectivity index (χ4v) is 5.92. The van der Waals surface area contributed by atoms with Crippen LogP contribution in [0, 0.1) is 0 Å². The Balaban J connectivity index is 1.89. The summed E-state index contributed by atoms with van der Waals surface area (Å²) in [5, 5.41) is 0.782. The van der Waals surface area contributed by atoms with Crippen molar-refractivity contribution in [1.29, 1.82) is 0 Å². The average molecular weight is 507 g/mol. The molecule has 128 valence electrons. The summed E-state index contributed by atoms with van der Waals surface area (Å²) in [5.41, 5.74) is 4.28. The van der Waals surface area contributed by atoms with Gasteiger partial charge in [0.2, 0.25) is 0 Å². The molecule has 0 aromatic heterocycles. The number of rotatable bonds is 1. The first kappa shape index (κ1) is 16.6. The lowest BCUT2D eigenvalue weighted by atomic mass is 9.95. The molecular formula is C19H9Br2NO2S2. The molecule has 7 heteroatoms. The zero-order valence-electron chi connectivity index (χ0n) is 13.1. The van der Waals surface area contributed by atoms with Crippen LogP contribution in [0.2, 0.25) is 0 Å². The van der Waals surface area contributed by atoms with Crippen LogP contribution in [0.25, 0.3) is 31.5 Å². The summed E-state index contributed by atoms with van der Waals surface area (Å²) in [7, 11) is 0. The normalized spacial score (nSPS) is 12.5. The van der Waals surface area contributed by atoms with Gasteiger partial charge in [0.25, 0.3) is 0 Å². The number of halogens is 2. The highest BCUT2D eigenvalue weighted by Crippen LogP contribution is 2.51. The van der Waals surface area contributed by atoms with Gasteiger partial charge in [-0.1, -0.05) is 55.3 Å². The third-order valence-electron chi connectivity index (χ3n) is 4.27. The van der Waals surface area contributed by atoms with Crippen LogP contribution in [0.15, 0.2) is 56.2 Å². The van der Waals surface area contributed by atoms with E-state index in [-0.39, 0.29) is 4.87 Å². The monoisotopic (exact) mass is 505 g/mol. The highest BCUT2D eigenvalue weighted by molar-refractivity contribution is 9.10. The Morgan fingerprint density at radius 2 is 1.73 bits per heavy atom. The van der Waals surface area contributed by atoms with Crippen LogP contribution in [-0.2, 0) is 6.61 Å². The van der Waals surface area contributed by atoms with E-state index in [0.29, 0.717) is 6.61 Å². The summed E-state index contributed by atoms with van der Waals surface area (Å²) in [5.74, 6) is 0.834. The molecule has 0 saturated heterocycles. The second kappa shape index (κ2) is 6.27. The maximum Gasteiger partial charge on any atom is 0.328 e. The Bertz CT molecular complexity index is 1180. The Labute approximate surface area is 173 Å². The molecule has 0 radical (unpaired) electrons. The molecular weight excluding hydrogens is 498 g/mol. The zero-order valence-corrected chi connectivity index (χ0v) is 17.9. The number of ether oxygens (including phenoxy) is 1. The summed E-state index contributed by atoms with van der Waals surface area (Å²) in [4.78, 5) is 18.1. The van der Waals surface area contributed by atoms with E-state index in [9.17, 15) is 4.79 Å². The van der Waals surface area contributed by atoms with Crippen molar-refractivity contribution in [2.24, 2.45) is 0 Å². The molecule has 0 fully saturated rings. The number of nitrogens with zero attached hydrogens (tertiary/aromatic N) is 1. The lowest BCUT2D eigenvalue weighted by molar-refractivity contribution is 0.303. The first-order valence-corrected chi connectivity index (χ1v) is 11.0. The maximum atomic E-state index is 12.0. The molecule has 0 unspecified atom stereocenters. The molecule has 0 N–H and O–H groups in total. The third-order valence-corrected chi connectivity index (χ3v) is 7.46. The minimum atomic E-state index is -0.158. The molecule has 0 atom stereocenters. The van der Waals surface area contributed by atoms with Crippen molar-refractivity contribution in [3.8, 4) is 37.2 Å². The van der Waals surface area contributed by atoms with Crippen LogP contribution in [0.3, 0.4) is 0 Å². The minimum absolute atomic E-state index is 0.158. The van der Waals surface area contributed by atoms with Crippen molar-refractivity contribution < 1.29 is 4.74 Å². The number of aromatic nitrogens is 1. The molecule has 3 heterocycles. The van der Waals surface area contributed by atoms with Crippen molar-refractivity contribution in [1.82, 2.24) is 4.98 Å². The lowest BCUT2D eigenvalue weighted by Gasteiger charge is -2.25. The largest absolute Gasteiger partial charge is 0.488 e. The van der Waals surface area contributed by atoms with E-state index in [2.05, 4.69) is 49.0 Å². The first-order valence-electron chi connectivity index (χ1n) is 7.75. The first-order chi connectivity index (χ1) is 12.6. The summed E-state index contributed by atoms with van der Waals surface area (Å²) in [6, 6.07) is 14.2. The molecule has 5 rings (SSSR count). The van der Waals surface area contributed by atoms with Gasteiger partial charge in [-0.25, -0.2) is 0 Å².